The van der Waals surface area contributed by atoms with E-state index in [0.29, 0.717) is 5.69 Å². The number of fused-ring (bicyclic) bond motifs is 1. The van der Waals surface area contributed by atoms with Gasteiger partial charge in [0.2, 0.25) is 5.43 Å². The Balaban J connectivity index is 1.64. The molecule has 0 atom stereocenters. The third-order valence-electron chi connectivity index (χ3n) is 4.97. The first-order chi connectivity index (χ1) is 15.5. The number of azo groups is 1. The summed E-state index contributed by atoms with van der Waals surface area (Å²) >= 11 is 0. The lowest BCUT2D eigenvalue weighted by atomic mass is 10.1. The minimum absolute atomic E-state index is 0.130. The lowest BCUT2D eigenvalue weighted by Crippen LogP contribution is -2.01. The lowest BCUT2D eigenvalue weighted by Gasteiger charge is -2.00. The summed E-state index contributed by atoms with van der Waals surface area (Å²) in [5.74, 6) is -1.12. The van der Waals surface area contributed by atoms with Crippen LogP contribution in [0.4, 0.5) is 11.4 Å². The minimum Gasteiger partial charge on any atom is -0.504 e. The first-order valence-corrected chi connectivity index (χ1v) is 10.1. The van der Waals surface area contributed by atoms with E-state index in [-0.39, 0.29) is 11.3 Å². The molecule has 0 radical (unpaired) electrons. The fraction of sp³-hybridized carbons (Fsp3) is 0.0370. The van der Waals surface area contributed by atoms with Crippen LogP contribution < -0.4 is 5.43 Å². The van der Waals surface area contributed by atoms with Gasteiger partial charge in [0.15, 0.2) is 11.5 Å². The van der Waals surface area contributed by atoms with E-state index in [0.717, 1.165) is 21.9 Å². The fourth-order valence-corrected chi connectivity index (χ4v) is 3.19. The summed E-state index contributed by atoms with van der Waals surface area (Å²) in [6.07, 6.45) is 2.98. The van der Waals surface area contributed by atoms with Crippen molar-refractivity contribution in [3.05, 3.63) is 118 Å². The number of nitrogens with zero attached hydrogens (tertiary/aromatic N) is 2. The number of ketones is 1. The van der Waals surface area contributed by atoms with E-state index in [4.69, 9.17) is 0 Å². The normalized spacial score (nSPS) is 11.4. The SMILES string of the molecule is Cc1ccc(N=Nc2ccc(=O)c(O)c(C(=O)/C=C/c3ccc4ccccc4c3)c2)cc1. The van der Waals surface area contributed by atoms with Crippen LogP contribution in [-0.2, 0) is 0 Å². The zero-order chi connectivity index (χ0) is 22.5. The Hall–Kier alpha value is -4.38. The molecule has 4 aromatic carbocycles. The second kappa shape index (κ2) is 9.18. The van der Waals surface area contributed by atoms with E-state index < -0.39 is 17.0 Å². The molecular weight excluding hydrogens is 400 g/mol. The third kappa shape index (κ3) is 4.84. The second-order valence-electron chi connectivity index (χ2n) is 7.37. The van der Waals surface area contributed by atoms with Crippen molar-refractivity contribution < 1.29 is 9.90 Å². The summed E-state index contributed by atoms with van der Waals surface area (Å²) in [4.78, 5) is 24.9. The number of hydrogen-bond donors (Lipinski definition) is 1. The maximum Gasteiger partial charge on any atom is 0.220 e. The maximum absolute atomic E-state index is 12.8. The van der Waals surface area contributed by atoms with Crippen molar-refractivity contribution in [3.63, 3.8) is 0 Å². The molecule has 5 heteroatoms. The summed E-state index contributed by atoms with van der Waals surface area (Å²) in [5, 5.41) is 20.7. The lowest BCUT2D eigenvalue weighted by molar-refractivity contribution is 0.104. The van der Waals surface area contributed by atoms with Crippen LogP contribution in [0.1, 0.15) is 21.5 Å². The second-order valence-corrected chi connectivity index (χ2v) is 7.37. The molecule has 1 N–H and O–H groups in total. The summed E-state index contributed by atoms with van der Waals surface area (Å²) in [6.45, 7) is 1.97. The topological polar surface area (TPSA) is 79.1 Å². The number of benzene rings is 3. The Kier molecular flexibility index (Phi) is 5.99. The average Bonchev–Trinajstić information content (AvgIpc) is 2.96. The van der Waals surface area contributed by atoms with Crippen LogP contribution in [0.15, 0.2) is 106 Å². The molecule has 0 bridgehead atoms. The predicted octanol–water partition coefficient (Wildman–Crippen LogP) is 6.53. The van der Waals surface area contributed by atoms with Gasteiger partial charge in [-0.15, -0.1) is 0 Å². The number of rotatable bonds is 5. The number of carbonyl (C=O) groups is 1. The van der Waals surface area contributed by atoms with Gasteiger partial charge in [0.05, 0.1) is 16.9 Å². The van der Waals surface area contributed by atoms with Gasteiger partial charge in [-0.3, -0.25) is 9.59 Å². The van der Waals surface area contributed by atoms with E-state index in [1.54, 1.807) is 6.08 Å². The molecule has 0 aromatic heterocycles. The summed E-state index contributed by atoms with van der Waals surface area (Å²) < 4.78 is 0. The van der Waals surface area contributed by atoms with Crippen molar-refractivity contribution in [2.45, 2.75) is 6.92 Å². The number of allylic oxidation sites excluding steroid dienone is 1. The third-order valence-corrected chi connectivity index (χ3v) is 4.97. The Morgan fingerprint density at radius 1 is 0.812 bits per heavy atom. The van der Waals surface area contributed by atoms with Gasteiger partial charge in [-0.05, 0) is 65.7 Å². The highest BCUT2D eigenvalue weighted by molar-refractivity contribution is 6.09. The van der Waals surface area contributed by atoms with Gasteiger partial charge in [-0.1, -0.05) is 60.2 Å². The van der Waals surface area contributed by atoms with Crippen LogP contribution in [0.25, 0.3) is 16.8 Å². The van der Waals surface area contributed by atoms with Crippen LogP contribution in [-0.4, -0.2) is 10.9 Å². The van der Waals surface area contributed by atoms with Crippen molar-refractivity contribution in [1.29, 1.82) is 0 Å². The molecule has 0 saturated heterocycles. The van der Waals surface area contributed by atoms with Gasteiger partial charge >= 0.3 is 0 Å². The molecule has 156 valence electrons. The van der Waals surface area contributed by atoms with Gasteiger partial charge in [0.25, 0.3) is 0 Å². The van der Waals surface area contributed by atoms with Crippen molar-refractivity contribution in [3.8, 4) is 5.75 Å². The monoisotopic (exact) mass is 420 g/mol. The minimum atomic E-state index is -0.663. The van der Waals surface area contributed by atoms with E-state index >= 15 is 0 Å². The van der Waals surface area contributed by atoms with Gasteiger partial charge in [0, 0.05) is 0 Å². The number of aryl methyl sites for hydroxylation is 1. The van der Waals surface area contributed by atoms with Crippen molar-refractivity contribution >= 4 is 34.0 Å². The highest BCUT2D eigenvalue weighted by atomic mass is 16.3. The van der Waals surface area contributed by atoms with E-state index in [1.807, 2.05) is 73.7 Å². The van der Waals surface area contributed by atoms with E-state index in [2.05, 4.69) is 10.2 Å². The highest BCUT2D eigenvalue weighted by Gasteiger charge is 2.11. The van der Waals surface area contributed by atoms with Crippen molar-refractivity contribution in [2.75, 3.05) is 0 Å². The standard InChI is InChI=1S/C27H20N2O3/c1-18-6-11-22(12-7-18)28-29-23-13-15-26(31)27(32)24(17-23)25(30)14-9-19-8-10-20-4-2-3-5-21(20)16-19/h2-17H,1H3,(H,31,32)/b14-9+,29-28?. The van der Waals surface area contributed by atoms with Crippen LogP contribution in [0.2, 0.25) is 0 Å². The summed E-state index contributed by atoms with van der Waals surface area (Å²) in [7, 11) is 0. The predicted molar refractivity (Wildman–Crippen MR) is 127 cm³/mol. The molecule has 0 heterocycles. The van der Waals surface area contributed by atoms with Crippen molar-refractivity contribution in [1.82, 2.24) is 0 Å². The molecule has 0 aliphatic rings. The Bertz CT molecular complexity index is 1420. The van der Waals surface area contributed by atoms with E-state index in [1.165, 1.54) is 24.3 Å². The molecule has 0 unspecified atom stereocenters. The van der Waals surface area contributed by atoms with Crippen LogP contribution >= 0.6 is 0 Å². The first kappa shape index (κ1) is 20.9. The van der Waals surface area contributed by atoms with Crippen LogP contribution in [0.5, 0.6) is 5.75 Å². The van der Waals surface area contributed by atoms with Gasteiger partial charge in [-0.25, -0.2) is 0 Å². The molecule has 4 aromatic rings. The molecule has 32 heavy (non-hydrogen) atoms. The van der Waals surface area contributed by atoms with Crippen LogP contribution in [0, 0.1) is 6.92 Å². The number of carbonyl (C=O) groups excluding carboxylic acids is 1. The molecule has 0 saturated carbocycles. The average molecular weight is 420 g/mol. The molecule has 0 spiro atoms. The molecule has 0 fully saturated rings. The number of hydrogen-bond acceptors (Lipinski definition) is 5. The zero-order valence-electron chi connectivity index (χ0n) is 17.4. The van der Waals surface area contributed by atoms with Gasteiger partial charge < -0.3 is 5.11 Å². The summed E-state index contributed by atoms with van der Waals surface area (Å²) in [6, 6.07) is 25.2. The Morgan fingerprint density at radius 2 is 1.50 bits per heavy atom. The summed E-state index contributed by atoms with van der Waals surface area (Å²) in [5.41, 5.74) is 2.06. The molecule has 0 amide bonds. The largest absolute Gasteiger partial charge is 0.504 e. The van der Waals surface area contributed by atoms with Crippen molar-refractivity contribution in [2.24, 2.45) is 10.2 Å². The molecule has 0 aliphatic carbocycles. The Morgan fingerprint density at radius 3 is 2.28 bits per heavy atom. The molecular formula is C27H20N2O3. The molecule has 0 aliphatic heterocycles. The zero-order valence-corrected chi connectivity index (χ0v) is 17.4. The van der Waals surface area contributed by atoms with E-state index in [9.17, 15) is 14.7 Å². The van der Waals surface area contributed by atoms with Crippen LogP contribution in [0.3, 0.4) is 0 Å². The fourth-order valence-electron chi connectivity index (χ4n) is 3.19. The quantitative estimate of drug-likeness (QED) is 0.227. The van der Waals surface area contributed by atoms with Gasteiger partial charge in [0.1, 0.15) is 0 Å². The Labute approximate surface area is 185 Å². The molecule has 5 nitrogen and oxygen atoms in total. The van der Waals surface area contributed by atoms with Gasteiger partial charge in [-0.2, -0.15) is 10.2 Å². The number of aromatic hydroxyl groups is 1. The maximum atomic E-state index is 12.8. The highest BCUT2D eigenvalue weighted by Crippen LogP contribution is 2.23. The first-order valence-electron chi connectivity index (χ1n) is 10.1. The smallest absolute Gasteiger partial charge is 0.220 e. The molecule has 4 rings (SSSR count).